The van der Waals surface area contributed by atoms with E-state index in [1.165, 1.54) is 0 Å². The first-order chi connectivity index (χ1) is 14.2. The molecule has 0 aliphatic carbocycles. The first-order valence-electron chi connectivity index (χ1n) is 9.21. The molecule has 0 N–H and O–H groups in total. The normalized spacial score (nSPS) is 10.7. The van der Waals surface area contributed by atoms with Gasteiger partial charge in [0, 0.05) is 27.4 Å². The van der Waals surface area contributed by atoms with Crippen LogP contribution in [0.5, 0.6) is 17.2 Å². The van der Waals surface area contributed by atoms with E-state index < -0.39 is 0 Å². The number of aromatic nitrogens is 1. The van der Waals surface area contributed by atoms with Crippen LogP contribution < -0.4 is 14.2 Å². The molecule has 0 aliphatic rings. The van der Waals surface area contributed by atoms with Gasteiger partial charge in [-0.05, 0) is 54.1 Å². The molecular weight excluding hydrogens is 382 g/mol. The Balaban J connectivity index is 1.52. The number of pyridine rings is 1. The lowest BCUT2D eigenvalue weighted by Gasteiger charge is -2.10. The van der Waals surface area contributed by atoms with Gasteiger partial charge < -0.3 is 14.2 Å². The molecule has 29 heavy (non-hydrogen) atoms. The van der Waals surface area contributed by atoms with Gasteiger partial charge >= 0.3 is 0 Å². The zero-order chi connectivity index (χ0) is 20.1. The molecule has 0 bridgehead atoms. The molecule has 4 rings (SSSR count). The topological polar surface area (TPSA) is 40.6 Å². The fourth-order valence-corrected chi connectivity index (χ4v) is 3.95. The number of hydrogen-bond acceptors (Lipinski definition) is 5. The molecule has 0 unspecified atom stereocenters. The Kier molecular flexibility index (Phi) is 5.86. The Labute approximate surface area is 174 Å². The van der Waals surface area contributed by atoms with Gasteiger partial charge in [0.25, 0.3) is 0 Å². The molecule has 1 aromatic heterocycles. The van der Waals surface area contributed by atoms with E-state index in [2.05, 4.69) is 17.1 Å². The molecule has 0 aliphatic heterocycles. The van der Waals surface area contributed by atoms with Gasteiger partial charge in [-0.2, -0.15) is 0 Å². The minimum Gasteiger partial charge on any atom is -0.497 e. The lowest BCUT2D eigenvalue weighted by molar-refractivity contribution is 0.306. The predicted molar refractivity (Wildman–Crippen MR) is 116 cm³/mol. The summed E-state index contributed by atoms with van der Waals surface area (Å²) in [6.45, 7) is 0.494. The SMILES string of the molecule is COc1ccc(COc2ccc3c(Sc4cccc(OC)c4)ccnc3c2)cc1. The van der Waals surface area contributed by atoms with E-state index >= 15 is 0 Å². The Morgan fingerprint density at radius 2 is 1.59 bits per heavy atom. The van der Waals surface area contributed by atoms with Crippen LogP contribution >= 0.6 is 11.8 Å². The van der Waals surface area contributed by atoms with Crippen molar-refractivity contribution in [2.24, 2.45) is 0 Å². The summed E-state index contributed by atoms with van der Waals surface area (Å²) in [6.07, 6.45) is 1.83. The first kappa shape index (κ1) is 19.2. The third-order valence-corrected chi connectivity index (χ3v) is 5.57. The van der Waals surface area contributed by atoms with Crippen LogP contribution in [0.25, 0.3) is 10.9 Å². The van der Waals surface area contributed by atoms with E-state index in [1.54, 1.807) is 26.0 Å². The summed E-state index contributed by atoms with van der Waals surface area (Å²) >= 11 is 1.69. The van der Waals surface area contributed by atoms with Crippen LogP contribution in [-0.4, -0.2) is 19.2 Å². The fraction of sp³-hybridized carbons (Fsp3) is 0.125. The van der Waals surface area contributed by atoms with E-state index in [-0.39, 0.29) is 0 Å². The lowest BCUT2D eigenvalue weighted by atomic mass is 10.2. The van der Waals surface area contributed by atoms with Gasteiger partial charge in [0.1, 0.15) is 23.9 Å². The molecule has 0 atom stereocenters. The molecule has 0 spiro atoms. The largest absolute Gasteiger partial charge is 0.497 e. The third kappa shape index (κ3) is 4.63. The number of ether oxygens (including phenoxy) is 3. The maximum Gasteiger partial charge on any atom is 0.122 e. The Bertz CT molecular complexity index is 1110. The van der Waals surface area contributed by atoms with Gasteiger partial charge in [0.15, 0.2) is 0 Å². The van der Waals surface area contributed by atoms with Crippen molar-refractivity contribution in [1.29, 1.82) is 0 Å². The summed E-state index contributed by atoms with van der Waals surface area (Å²) in [6, 6.07) is 24.0. The Hall–Kier alpha value is -3.18. The maximum absolute atomic E-state index is 5.96. The Morgan fingerprint density at radius 1 is 0.793 bits per heavy atom. The summed E-state index contributed by atoms with van der Waals surface area (Å²) in [5.74, 6) is 2.48. The van der Waals surface area contributed by atoms with Crippen molar-refractivity contribution in [3.05, 3.63) is 84.6 Å². The average molecular weight is 404 g/mol. The summed E-state index contributed by atoms with van der Waals surface area (Å²) in [5.41, 5.74) is 1.99. The van der Waals surface area contributed by atoms with Crippen molar-refractivity contribution in [3.63, 3.8) is 0 Å². The lowest BCUT2D eigenvalue weighted by Crippen LogP contribution is -1.96. The molecule has 4 nitrogen and oxygen atoms in total. The highest BCUT2D eigenvalue weighted by atomic mass is 32.2. The molecule has 146 valence electrons. The molecule has 0 fully saturated rings. The van der Waals surface area contributed by atoms with Crippen molar-refractivity contribution in [2.45, 2.75) is 16.4 Å². The van der Waals surface area contributed by atoms with Gasteiger partial charge in [-0.3, -0.25) is 4.98 Å². The zero-order valence-corrected chi connectivity index (χ0v) is 17.1. The molecule has 0 saturated heterocycles. The molecule has 3 aromatic carbocycles. The molecule has 0 radical (unpaired) electrons. The van der Waals surface area contributed by atoms with Crippen LogP contribution in [0.3, 0.4) is 0 Å². The molecule has 4 aromatic rings. The highest BCUT2D eigenvalue weighted by Gasteiger charge is 2.07. The minimum atomic E-state index is 0.494. The van der Waals surface area contributed by atoms with Gasteiger partial charge in [-0.25, -0.2) is 0 Å². The van der Waals surface area contributed by atoms with E-state index in [0.717, 1.165) is 43.5 Å². The molecule has 0 amide bonds. The smallest absolute Gasteiger partial charge is 0.122 e. The second kappa shape index (κ2) is 8.88. The first-order valence-corrected chi connectivity index (χ1v) is 10.0. The average Bonchev–Trinajstić information content (AvgIpc) is 2.78. The highest BCUT2D eigenvalue weighted by Crippen LogP contribution is 2.35. The number of fused-ring (bicyclic) bond motifs is 1. The summed E-state index contributed by atoms with van der Waals surface area (Å²) in [7, 11) is 3.34. The van der Waals surface area contributed by atoms with Crippen molar-refractivity contribution >= 4 is 22.7 Å². The van der Waals surface area contributed by atoms with Gasteiger partial charge in [0.05, 0.1) is 19.7 Å². The highest BCUT2D eigenvalue weighted by molar-refractivity contribution is 7.99. The summed E-state index contributed by atoms with van der Waals surface area (Å²) in [4.78, 5) is 6.79. The molecule has 1 heterocycles. The number of nitrogens with zero attached hydrogens (tertiary/aromatic N) is 1. The zero-order valence-electron chi connectivity index (χ0n) is 16.3. The van der Waals surface area contributed by atoms with Crippen LogP contribution in [-0.2, 0) is 6.61 Å². The number of methoxy groups -OCH3 is 2. The number of benzene rings is 3. The monoisotopic (exact) mass is 403 g/mol. The van der Waals surface area contributed by atoms with Crippen LogP contribution in [0, 0.1) is 0 Å². The van der Waals surface area contributed by atoms with Crippen LogP contribution in [0.2, 0.25) is 0 Å². The van der Waals surface area contributed by atoms with Gasteiger partial charge in [-0.15, -0.1) is 0 Å². The molecule has 5 heteroatoms. The summed E-state index contributed by atoms with van der Waals surface area (Å²) in [5, 5.41) is 1.09. The van der Waals surface area contributed by atoms with Crippen LogP contribution in [0.15, 0.2) is 88.8 Å². The van der Waals surface area contributed by atoms with E-state index in [4.69, 9.17) is 14.2 Å². The Morgan fingerprint density at radius 3 is 2.38 bits per heavy atom. The molecule has 0 saturated carbocycles. The quantitative estimate of drug-likeness (QED) is 0.379. The van der Waals surface area contributed by atoms with Crippen LogP contribution in [0.4, 0.5) is 0 Å². The van der Waals surface area contributed by atoms with Gasteiger partial charge in [-0.1, -0.05) is 30.0 Å². The van der Waals surface area contributed by atoms with Crippen molar-refractivity contribution < 1.29 is 14.2 Å². The standard InChI is InChI=1S/C24H21NO3S/c1-26-18-8-6-17(7-9-18)16-28-20-10-11-22-23(15-20)25-13-12-24(22)29-21-5-3-4-19(14-21)27-2/h3-15H,16H2,1-2H3. The fourth-order valence-electron chi connectivity index (χ4n) is 2.96. The number of hydrogen-bond donors (Lipinski definition) is 0. The van der Waals surface area contributed by atoms with E-state index in [0.29, 0.717) is 6.61 Å². The van der Waals surface area contributed by atoms with Crippen molar-refractivity contribution in [1.82, 2.24) is 4.98 Å². The van der Waals surface area contributed by atoms with E-state index in [9.17, 15) is 0 Å². The molecular formula is C24H21NO3S. The minimum absolute atomic E-state index is 0.494. The predicted octanol–water partition coefficient (Wildman–Crippen LogP) is 5.98. The third-order valence-electron chi connectivity index (χ3n) is 4.51. The van der Waals surface area contributed by atoms with E-state index in [1.807, 2.05) is 66.9 Å². The van der Waals surface area contributed by atoms with Crippen LogP contribution in [0.1, 0.15) is 5.56 Å². The summed E-state index contributed by atoms with van der Waals surface area (Å²) < 4.78 is 16.5. The number of rotatable bonds is 7. The maximum atomic E-state index is 5.96. The van der Waals surface area contributed by atoms with Crippen molar-refractivity contribution in [3.8, 4) is 17.2 Å². The second-order valence-corrected chi connectivity index (χ2v) is 7.52. The van der Waals surface area contributed by atoms with Crippen molar-refractivity contribution in [2.75, 3.05) is 14.2 Å². The van der Waals surface area contributed by atoms with Gasteiger partial charge in [0.2, 0.25) is 0 Å². The second-order valence-electron chi connectivity index (χ2n) is 6.41.